The molecule has 0 bridgehead atoms. The second-order valence-corrected chi connectivity index (χ2v) is 5.85. The lowest BCUT2D eigenvalue weighted by Gasteiger charge is -2.10. The molecular weight excluding hydrogens is 351 g/mol. The van der Waals surface area contributed by atoms with Crippen molar-refractivity contribution < 1.29 is 4.39 Å². The van der Waals surface area contributed by atoms with Crippen LogP contribution in [-0.4, -0.2) is 19.2 Å². The van der Waals surface area contributed by atoms with Gasteiger partial charge in [0.1, 0.15) is 16.2 Å². The van der Waals surface area contributed by atoms with Gasteiger partial charge in [-0.05, 0) is 40.0 Å². The lowest BCUT2D eigenvalue weighted by molar-refractivity contribution is 0.622. The molecule has 0 atom stereocenters. The van der Waals surface area contributed by atoms with Crippen molar-refractivity contribution >= 4 is 21.6 Å². The first-order valence-electron chi connectivity index (χ1n) is 6.97. The highest BCUT2D eigenvalue weighted by Gasteiger charge is 2.13. The third-order valence-corrected chi connectivity index (χ3v) is 4.03. The quantitative estimate of drug-likeness (QED) is 0.715. The molecule has 0 aliphatic rings. The minimum Gasteiger partial charge on any atom is -0.294 e. The molecule has 0 amide bonds. The molecule has 0 N–H and O–H groups in total. The Kier molecular flexibility index (Phi) is 4.06. The Bertz CT molecular complexity index is 887. The highest BCUT2D eigenvalue weighted by atomic mass is 79.9. The molecule has 22 heavy (non-hydrogen) atoms. The normalized spacial score (nSPS) is 11.2. The first kappa shape index (κ1) is 14.9. The van der Waals surface area contributed by atoms with E-state index in [1.165, 1.54) is 16.7 Å². The van der Waals surface area contributed by atoms with E-state index < -0.39 is 0 Å². The average Bonchev–Trinajstić information content (AvgIpc) is 2.87. The predicted octanol–water partition coefficient (Wildman–Crippen LogP) is 2.79. The summed E-state index contributed by atoms with van der Waals surface area (Å²) >= 11 is 3.41. The molecule has 0 spiro atoms. The summed E-state index contributed by atoms with van der Waals surface area (Å²) in [5.74, 6) is 0.434. The Balaban J connectivity index is 2.09. The lowest BCUT2D eigenvalue weighted by atomic mass is 10.2. The van der Waals surface area contributed by atoms with Crippen LogP contribution in [0.5, 0.6) is 0 Å². The van der Waals surface area contributed by atoms with Crippen molar-refractivity contribution in [1.29, 1.82) is 0 Å². The van der Waals surface area contributed by atoms with Crippen molar-refractivity contribution in [1.82, 2.24) is 19.2 Å². The van der Waals surface area contributed by atoms with Gasteiger partial charge in [-0.3, -0.25) is 13.8 Å². The minimum atomic E-state index is -0.324. The first-order valence-corrected chi connectivity index (χ1v) is 7.77. The molecular formula is C15H14BrFN4O. The van der Waals surface area contributed by atoms with Crippen molar-refractivity contribution in [2.75, 3.05) is 0 Å². The van der Waals surface area contributed by atoms with Crippen LogP contribution in [0, 0.1) is 5.82 Å². The number of hydrogen-bond donors (Lipinski definition) is 0. The zero-order chi connectivity index (χ0) is 15.7. The molecule has 0 aliphatic heterocycles. The number of hydrogen-bond acceptors (Lipinski definition) is 3. The fraction of sp³-hybridized carbons (Fsp3) is 0.267. The Morgan fingerprint density at radius 2 is 2.14 bits per heavy atom. The Labute approximate surface area is 134 Å². The van der Waals surface area contributed by atoms with Gasteiger partial charge in [0.15, 0.2) is 0 Å². The maximum atomic E-state index is 13.3. The van der Waals surface area contributed by atoms with Gasteiger partial charge in [-0.25, -0.2) is 4.39 Å². The highest BCUT2D eigenvalue weighted by Crippen LogP contribution is 2.13. The Morgan fingerprint density at radius 3 is 2.86 bits per heavy atom. The van der Waals surface area contributed by atoms with E-state index in [2.05, 4.69) is 26.1 Å². The highest BCUT2D eigenvalue weighted by molar-refractivity contribution is 9.10. The SMILES string of the molecule is CCCc1nnc2c(=O)n(Cc3cccc(F)c3)c(Br)cn12. The number of halogens is 2. The third kappa shape index (κ3) is 2.68. The summed E-state index contributed by atoms with van der Waals surface area (Å²) in [7, 11) is 0. The van der Waals surface area contributed by atoms with Crippen molar-refractivity contribution in [3.8, 4) is 0 Å². The van der Waals surface area contributed by atoms with Crippen molar-refractivity contribution in [2.45, 2.75) is 26.3 Å². The topological polar surface area (TPSA) is 52.2 Å². The van der Waals surface area contributed by atoms with Gasteiger partial charge < -0.3 is 0 Å². The molecule has 2 aromatic heterocycles. The predicted molar refractivity (Wildman–Crippen MR) is 84.4 cm³/mol. The van der Waals surface area contributed by atoms with E-state index in [1.54, 1.807) is 22.7 Å². The van der Waals surface area contributed by atoms with Crippen molar-refractivity contribution in [2.24, 2.45) is 0 Å². The van der Waals surface area contributed by atoms with Gasteiger partial charge in [0.05, 0.1) is 6.54 Å². The number of aryl methyl sites for hydroxylation is 1. The zero-order valence-electron chi connectivity index (χ0n) is 12.0. The maximum Gasteiger partial charge on any atom is 0.297 e. The van der Waals surface area contributed by atoms with Crippen LogP contribution in [0.3, 0.4) is 0 Å². The van der Waals surface area contributed by atoms with E-state index in [9.17, 15) is 9.18 Å². The first-order chi connectivity index (χ1) is 10.6. The summed E-state index contributed by atoms with van der Waals surface area (Å²) in [6.07, 6.45) is 3.45. The zero-order valence-corrected chi connectivity index (χ0v) is 13.5. The standard InChI is InChI=1S/C15H14BrFN4O/c1-2-4-13-18-19-14-15(22)20(12(16)9-21(13)14)8-10-5-3-6-11(17)7-10/h3,5-7,9H,2,4,8H2,1H3. The van der Waals surface area contributed by atoms with Gasteiger partial charge in [0.25, 0.3) is 5.56 Å². The number of benzene rings is 1. The third-order valence-electron chi connectivity index (χ3n) is 3.40. The van der Waals surface area contributed by atoms with E-state index in [0.717, 1.165) is 18.7 Å². The summed E-state index contributed by atoms with van der Waals surface area (Å²) in [4.78, 5) is 12.6. The molecule has 114 valence electrons. The van der Waals surface area contributed by atoms with Crippen LogP contribution >= 0.6 is 15.9 Å². The Morgan fingerprint density at radius 1 is 1.32 bits per heavy atom. The van der Waals surface area contributed by atoms with Gasteiger partial charge in [0, 0.05) is 12.6 Å². The van der Waals surface area contributed by atoms with Crippen LogP contribution in [-0.2, 0) is 13.0 Å². The van der Waals surface area contributed by atoms with Crippen LogP contribution in [0.25, 0.3) is 5.65 Å². The number of aromatic nitrogens is 4. The van der Waals surface area contributed by atoms with E-state index in [1.807, 2.05) is 6.92 Å². The smallest absolute Gasteiger partial charge is 0.294 e. The van der Waals surface area contributed by atoms with Gasteiger partial charge in [-0.2, -0.15) is 0 Å². The molecule has 0 unspecified atom stereocenters. The number of fused-ring (bicyclic) bond motifs is 1. The van der Waals surface area contributed by atoms with Crippen LogP contribution in [0.2, 0.25) is 0 Å². The fourth-order valence-electron chi connectivity index (χ4n) is 2.36. The second kappa shape index (κ2) is 6.00. The molecule has 0 radical (unpaired) electrons. The van der Waals surface area contributed by atoms with E-state index in [0.29, 0.717) is 10.2 Å². The summed E-state index contributed by atoms with van der Waals surface area (Å²) in [6, 6.07) is 6.19. The summed E-state index contributed by atoms with van der Waals surface area (Å²) < 4.78 is 17.1. The Hall–Kier alpha value is -2.02. The molecule has 5 nitrogen and oxygen atoms in total. The largest absolute Gasteiger partial charge is 0.297 e. The molecule has 3 rings (SSSR count). The molecule has 7 heteroatoms. The van der Waals surface area contributed by atoms with E-state index in [-0.39, 0.29) is 23.6 Å². The van der Waals surface area contributed by atoms with Crippen molar-refractivity contribution in [3.63, 3.8) is 0 Å². The summed E-state index contributed by atoms with van der Waals surface area (Å²) in [5.41, 5.74) is 0.733. The van der Waals surface area contributed by atoms with E-state index in [4.69, 9.17) is 0 Å². The van der Waals surface area contributed by atoms with Crippen LogP contribution in [0.15, 0.2) is 39.9 Å². The molecule has 0 aliphatic carbocycles. The minimum absolute atomic E-state index is 0.256. The number of rotatable bonds is 4. The number of nitrogens with zero attached hydrogens (tertiary/aromatic N) is 4. The summed E-state index contributed by atoms with van der Waals surface area (Å²) in [5, 5.41) is 8.05. The molecule has 3 aromatic rings. The van der Waals surface area contributed by atoms with Crippen molar-refractivity contribution in [3.05, 3.63) is 62.6 Å². The monoisotopic (exact) mass is 364 g/mol. The second-order valence-electron chi connectivity index (χ2n) is 5.03. The molecule has 1 aromatic carbocycles. The maximum absolute atomic E-state index is 13.3. The molecule has 0 saturated carbocycles. The molecule has 0 saturated heterocycles. The molecule has 2 heterocycles. The van der Waals surface area contributed by atoms with Gasteiger partial charge >= 0.3 is 0 Å². The van der Waals surface area contributed by atoms with E-state index >= 15 is 0 Å². The van der Waals surface area contributed by atoms with Gasteiger partial charge in [-0.15, -0.1) is 10.2 Å². The van der Waals surface area contributed by atoms with Gasteiger partial charge in [-0.1, -0.05) is 19.1 Å². The van der Waals surface area contributed by atoms with Crippen LogP contribution < -0.4 is 5.56 Å². The summed E-state index contributed by atoms with van der Waals surface area (Å²) in [6.45, 7) is 2.31. The fourth-order valence-corrected chi connectivity index (χ4v) is 2.85. The average molecular weight is 365 g/mol. The lowest BCUT2D eigenvalue weighted by Crippen LogP contribution is -2.24. The van der Waals surface area contributed by atoms with Gasteiger partial charge in [0.2, 0.25) is 5.65 Å². The van der Waals surface area contributed by atoms with Crippen LogP contribution in [0.4, 0.5) is 4.39 Å². The molecule has 0 fully saturated rings. The van der Waals surface area contributed by atoms with Crippen LogP contribution in [0.1, 0.15) is 24.7 Å².